The molecule has 3 heterocycles. The molecule has 2 saturated carbocycles. The van der Waals surface area contributed by atoms with Crippen LogP contribution in [0.4, 0.5) is 0 Å². The van der Waals surface area contributed by atoms with Gasteiger partial charge in [0.25, 0.3) is 0 Å². The van der Waals surface area contributed by atoms with Gasteiger partial charge in [-0.25, -0.2) is 0 Å². The standard InChI is InChI=1S/C20H24O4/c1-12-4-5-16-19(2)7-3-8-20(16)14(12)10-15(13-6-9-22-11-13)23-18(20)24-17(19)21/h6,9,11,14-16,18H,1,3-5,7-8,10H2,2H3/t14-,15-,16-,18?,19-,20-/m0/s1. The summed E-state index contributed by atoms with van der Waals surface area (Å²) >= 11 is 0. The third-order valence-electron chi connectivity index (χ3n) is 7.39. The summed E-state index contributed by atoms with van der Waals surface area (Å²) < 4.78 is 17.5. The molecule has 4 fully saturated rings. The number of hydrogen-bond donors (Lipinski definition) is 0. The lowest BCUT2D eigenvalue weighted by Crippen LogP contribution is -2.67. The highest BCUT2D eigenvalue weighted by atomic mass is 16.7. The fraction of sp³-hybridized carbons (Fsp3) is 0.650. The molecule has 128 valence electrons. The molecule has 0 N–H and O–H groups in total. The van der Waals surface area contributed by atoms with Gasteiger partial charge in [0.15, 0.2) is 0 Å². The average molecular weight is 328 g/mol. The maximum absolute atomic E-state index is 12.8. The van der Waals surface area contributed by atoms with Gasteiger partial charge in [0.05, 0.1) is 24.0 Å². The lowest BCUT2D eigenvalue weighted by Gasteiger charge is -2.66. The van der Waals surface area contributed by atoms with Crippen molar-refractivity contribution >= 4 is 5.97 Å². The molecule has 1 spiro atoms. The van der Waals surface area contributed by atoms with Crippen molar-refractivity contribution in [3.05, 3.63) is 36.3 Å². The third-order valence-corrected chi connectivity index (χ3v) is 7.39. The molecule has 4 heteroatoms. The minimum absolute atomic E-state index is 0.0630. The van der Waals surface area contributed by atoms with E-state index >= 15 is 0 Å². The number of hydrogen-bond acceptors (Lipinski definition) is 4. The molecule has 24 heavy (non-hydrogen) atoms. The average Bonchev–Trinajstić information content (AvgIpc) is 3.09. The van der Waals surface area contributed by atoms with Gasteiger partial charge < -0.3 is 13.9 Å². The highest BCUT2D eigenvalue weighted by Crippen LogP contribution is 2.69. The van der Waals surface area contributed by atoms with Crippen molar-refractivity contribution in [2.24, 2.45) is 22.7 Å². The molecule has 0 radical (unpaired) electrons. The van der Waals surface area contributed by atoms with E-state index in [9.17, 15) is 4.79 Å². The van der Waals surface area contributed by atoms with Gasteiger partial charge in [-0.2, -0.15) is 0 Å². The van der Waals surface area contributed by atoms with Crippen molar-refractivity contribution in [3.8, 4) is 0 Å². The lowest BCUT2D eigenvalue weighted by atomic mass is 9.44. The quantitative estimate of drug-likeness (QED) is 0.567. The maximum Gasteiger partial charge on any atom is 0.314 e. The van der Waals surface area contributed by atoms with E-state index in [1.165, 1.54) is 5.57 Å². The molecule has 0 aromatic carbocycles. The second-order valence-corrected chi connectivity index (χ2v) is 8.34. The van der Waals surface area contributed by atoms with E-state index in [-0.39, 0.29) is 22.9 Å². The predicted octanol–water partition coefficient (Wildman–Crippen LogP) is 4.38. The Bertz CT molecular complexity index is 693. The van der Waals surface area contributed by atoms with Gasteiger partial charge >= 0.3 is 5.97 Å². The molecular formula is C20H24O4. The summed E-state index contributed by atoms with van der Waals surface area (Å²) in [6.45, 7) is 6.52. The normalized spacial score (nSPS) is 47.0. The molecule has 1 unspecified atom stereocenters. The van der Waals surface area contributed by atoms with Crippen LogP contribution in [0.25, 0.3) is 0 Å². The van der Waals surface area contributed by atoms with Crippen LogP contribution in [0, 0.1) is 22.7 Å². The molecule has 0 amide bonds. The van der Waals surface area contributed by atoms with Crippen LogP contribution in [0.3, 0.4) is 0 Å². The largest absolute Gasteiger partial charge is 0.472 e. The number of esters is 1. The number of furan rings is 1. The number of carbonyl (C=O) groups is 1. The van der Waals surface area contributed by atoms with Crippen LogP contribution in [0.5, 0.6) is 0 Å². The lowest BCUT2D eigenvalue weighted by molar-refractivity contribution is -0.330. The van der Waals surface area contributed by atoms with Crippen molar-refractivity contribution in [2.45, 2.75) is 57.8 Å². The van der Waals surface area contributed by atoms with Gasteiger partial charge in [-0.1, -0.05) is 18.6 Å². The molecule has 1 aromatic heterocycles. The molecule has 5 rings (SSSR count). The first-order chi connectivity index (χ1) is 11.6. The third kappa shape index (κ3) is 1.65. The molecule has 2 bridgehead atoms. The highest BCUT2D eigenvalue weighted by molar-refractivity contribution is 5.78. The van der Waals surface area contributed by atoms with Crippen LogP contribution < -0.4 is 0 Å². The molecule has 2 aliphatic carbocycles. The summed E-state index contributed by atoms with van der Waals surface area (Å²) in [6.07, 6.45) is 8.94. The summed E-state index contributed by atoms with van der Waals surface area (Å²) in [6, 6.07) is 1.95. The second-order valence-electron chi connectivity index (χ2n) is 8.34. The van der Waals surface area contributed by atoms with Crippen LogP contribution in [-0.2, 0) is 14.3 Å². The molecule has 4 aliphatic rings. The van der Waals surface area contributed by atoms with E-state index in [1.807, 2.05) is 6.07 Å². The van der Waals surface area contributed by atoms with Gasteiger partial charge in [-0.3, -0.25) is 4.79 Å². The van der Waals surface area contributed by atoms with Crippen LogP contribution >= 0.6 is 0 Å². The van der Waals surface area contributed by atoms with E-state index in [4.69, 9.17) is 13.9 Å². The van der Waals surface area contributed by atoms with Crippen LogP contribution in [-0.4, -0.2) is 12.3 Å². The Balaban J connectivity index is 1.61. The van der Waals surface area contributed by atoms with Gasteiger partial charge in [-0.15, -0.1) is 0 Å². The number of carbonyl (C=O) groups excluding carboxylic acids is 1. The zero-order valence-corrected chi connectivity index (χ0v) is 14.1. The predicted molar refractivity (Wildman–Crippen MR) is 86.8 cm³/mol. The Morgan fingerprint density at radius 1 is 1.33 bits per heavy atom. The summed E-state index contributed by atoms with van der Waals surface area (Å²) in [4.78, 5) is 12.8. The van der Waals surface area contributed by atoms with Gasteiger partial charge in [0.2, 0.25) is 6.29 Å². The highest BCUT2D eigenvalue weighted by Gasteiger charge is 2.69. The zero-order valence-electron chi connectivity index (χ0n) is 14.1. The Morgan fingerprint density at radius 3 is 3.00 bits per heavy atom. The molecular weight excluding hydrogens is 304 g/mol. The van der Waals surface area contributed by atoms with E-state index in [0.717, 1.165) is 44.1 Å². The first kappa shape index (κ1) is 14.8. The Morgan fingerprint density at radius 2 is 2.21 bits per heavy atom. The van der Waals surface area contributed by atoms with E-state index in [2.05, 4.69) is 13.5 Å². The van der Waals surface area contributed by atoms with Crippen molar-refractivity contribution in [1.29, 1.82) is 0 Å². The Labute approximate surface area is 142 Å². The first-order valence-electron chi connectivity index (χ1n) is 9.12. The van der Waals surface area contributed by atoms with E-state index in [1.54, 1.807) is 12.5 Å². The monoisotopic (exact) mass is 328 g/mol. The van der Waals surface area contributed by atoms with Crippen molar-refractivity contribution in [1.82, 2.24) is 0 Å². The van der Waals surface area contributed by atoms with Crippen molar-refractivity contribution < 1.29 is 18.7 Å². The van der Waals surface area contributed by atoms with Gasteiger partial charge in [0.1, 0.15) is 0 Å². The number of rotatable bonds is 1. The van der Waals surface area contributed by atoms with Crippen LogP contribution in [0.1, 0.15) is 57.1 Å². The van der Waals surface area contributed by atoms with E-state index < -0.39 is 6.29 Å². The Kier molecular flexibility index (Phi) is 2.92. The first-order valence-corrected chi connectivity index (χ1v) is 9.12. The molecule has 2 saturated heterocycles. The smallest absolute Gasteiger partial charge is 0.314 e. The summed E-state index contributed by atoms with van der Waals surface area (Å²) in [5.41, 5.74) is 1.92. The van der Waals surface area contributed by atoms with Gasteiger partial charge in [0, 0.05) is 11.0 Å². The van der Waals surface area contributed by atoms with Crippen LogP contribution in [0.15, 0.2) is 35.2 Å². The molecule has 6 atom stereocenters. The number of ether oxygens (including phenoxy) is 2. The maximum atomic E-state index is 12.8. The summed E-state index contributed by atoms with van der Waals surface area (Å²) in [5.74, 6) is 0.653. The van der Waals surface area contributed by atoms with Crippen molar-refractivity contribution in [3.63, 3.8) is 0 Å². The van der Waals surface area contributed by atoms with E-state index in [0.29, 0.717) is 11.8 Å². The van der Waals surface area contributed by atoms with Crippen LogP contribution in [0.2, 0.25) is 0 Å². The van der Waals surface area contributed by atoms with Gasteiger partial charge in [-0.05, 0) is 56.9 Å². The minimum Gasteiger partial charge on any atom is -0.472 e. The molecule has 1 aromatic rings. The molecule has 4 nitrogen and oxygen atoms in total. The fourth-order valence-electron chi connectivity index (χ4n) is 6.26. The summed E-state index contributed by atoms with van der Waals surface area (Å²) in [7, 11) is 0. The number of allylic oxidation sites excluding steroid dienone is 1. The topological polar surface area (TPSA) is 48.7 Å². The minimum atomic E-state index is -0.445. The zero-order chi connectivity index (χ0) is 16.5. The molecule has 2 aliphatic heterocycles. The second kappa shape index (κ2) is 4.75. The Hall–Kier alpha value is -1.55. The SMILES string of the molecule is C=C1CC[C@@H]2[C@@]34CCC[C@]2(C)C(=O)OC3O[C@H](c2ccoc2)C[C@@H]14. The summed E-state index contributed by atoms with van der Waals surface area (Å²) in [5, 5.41) is 0. The fourth-order valence-corrected chi connectivity index (χ4v) is 6.26. The van der Waals surface area contributed by atoms with Crippen molar-refractivity contribution in [2.75, 3.05) is 0 Å².